The predicted octanol–water partition coefficient (Wildman–Crippen LogP) is 0.879. The van der Waals surface area contributed by atoms with Crippen LogP contribution in [0.2, 0.25) is 0 Å². The molecule has 2 N–H and O–H groups in total. The van der Waals surface area contributed by atoms with Crippen molar-refractivity contribution in [2.75, 3.05) is 17.2 Å². The highest BCUT2D eigenvalue weighted by Crippen LogP contribution is 1.82. The summed E-state index contributed by atoms with van der Waals surface area (Å²) in [5.41, 5.74) is 4.93. The zero-order chi connectivity index (χ0) is 9.11. The SMILES string of the molecule is BrCCBr.NCCC(=O)C=O. The van der Waals surface area contributed by atoms with Crippen molar-refractivity contribution in [3.63, 3.8) is 0 Å². The topological polar surface area (TPSA) is 60.2 Å². The Balaban J connectivity index is 0. The van der Waals surface area contributed by atoms with Gasteiger partial charge in [-0.3, -0.25) is 9.59 Å². The minimum atomic E-state index is -0.428. The first-order chi connectivity index (χ1) is 5.22. The lowest BCUT2D eigenvalue weighted by Crippen LogP contribution is -2.07. The van der Waals surface area contributed by atoms with Gasteiger partial charge in [-0.05, 0) is 6.54 Å². The van der Waals surface area contributed by atoms with E-state index >= 15 is 0 Å². The Kier molecular flexibility index (Phi) is 16.2. The lowest BCUT2D eigenvalue weighted by Gasteiger charge is -1.80. The Morgan fingerprint density at radius 2 is 1.82 bits per heavy atom. The Labute approximate surface area is 83.0 Å². The summed E-state index contributed by atoms with van der Waals surface area (Å²) in [5.74, 6) is -0.428. The zero-order valence-corrected chi connectivity index (χ0v) is 9.23. The number of nitrogens with two attached hydrogens (primary N) is 1. The highest BCUT2D eigenvalue weighted by Gasteiger charge is 1.92. The molecule has 0 radical (unpaired) electrons. The van der Waals surface area contributed by atoms with Gasteiger partial charge in [0.1, 0.15) is 0 Å². The maximum atomic E-state index is 9.96. The van der Waals surface area contributed by atoms with E-state index in [1.54, 1.807) is 0 Å². The fraction of sp³-hybridized carbons (Fsp3) is 0.667. The third-order valence-corrected chi connectivity index (χ3v) is 2.45. The van der Waals surface area contributed by atoms with Gasteiger partial charge >= 0.3 is 0 Å². The molecule has 66 valence electrons. The average molecular weight is 289 g/mol. The molecule has 0 saturated heterocycles. The number of Topliss-reactive ketones (excluding diaryl/α,β-unsaturated/α-hetero) is 1. The van der Waals surface area contributed by atoms with Crippen LogP contribution in [0.15, 0.2) is 0 Å². The van der Waals surface area contributed by atoms with Crippen LogP contribution in [0.5, 0.6) is 0 Å². The van der Waals surface area contributed by atoms with E-state index in [9.17, 15) is 9.59 Å². The molecule has 0 amide bonds. The van der Waals surface area contributed by atoms with Gasteiger partial charge in [-0.25, -0.2) is 0 Å². The van der Waals surface area contributed by atoms with Gasteiger partial charge < -0.3 is 5.73 Å². The van der Waals surface area contributed by atoms with Crippen LogP contribution in [0.25, 0.3) is 0 Å². The number of ketones is 1. The van der Waals surface area contributed by atoms with Crippen LogP contribution in [-0.2, 0) is 9.59 Å². The maximum absolute atomic E-state index is 9.96. The van der Waals surface area contributed by atoms with E-state index in [-0.39, 0.29) is 19.3 Å². The van der Waals surface area contributed by atoms with E-state index in [0.29, 0.717) is 0 Å². The summed E-state index contributed by atoms with van der Waals surface area (Å²) in [6.45, 7) is 0.261. The van der Waals surface area contributed by atoms with Crippen LogP contribution in [0.3, 0.4) is 0 Å². The Morgan fingerprint density at radius 3 is 1.91 bits per heavy atom. The standard InChI is InChI=1S/C4H7NO2.C2H4Br2/c5-2-1-4(7)3-6;3-1-2-4/h3H,1-2,5H2;1-2H2. The summed E-state index contributed by atoms with van der Waals surface area (Å²) in [4.78, 5) is 19.5. The van der Waals surface area contributed by atoms with Crippen molar-refractivity contribution in [1.29, 1.82) is 0 Å². The molecule has 0 unspecified atom stereocenters. The third kappa shape index (κ3) is 17.9. The second kappa shape index (κ2) is 12.9. The molecule has 0 fully saturated rings. The van der Waals surface area contributed by atoms with Gasteiger partial charge in [-0.15, -0.1) is 0 Å². The summed E-state index contributed by atoms with van der Waals surface area (Å²) < 4.78 is 0. The number of halogens is 2. The normalized spacial score (nSPS) is 7.91. The maximum Gasteiger partial charge on any atom is 0.196 e. The predicted molar refractivity (Wildman–Crippen MR) is 52.3 cm³/mol. The third-order valence-electron chi connectivity index (χ3n) is 0.594. The quantitative estimate of drug-likeness (QED) is 0.475. The molecule has 0 aliphatic rings. The molecule has 0 saturated carbocycles. The Hall–Kier alpha value is 0.260. The Bertz CT molecular complexity index is 107. The molecule has 0 atom stereocenters. The smallest absolute Gasteiger partial charge is 0.196 e. The molecule has 11 heavy (non-hydrogen) atoms. The van der Waals surface area contributed by atoms with Gasteiger partial charge in [-0.1, -0.05) is 31.9 Å². The van der Waals surface area contributed by atoms with Gasteiger partial charge in [-0.2, -0.15) is 0 Å². The number of hydrogen-bond acceptors (Lipinski definition) is 3. The highest BCUT2D eigenvalue weighted by molar-refractivity contribution is 9.11. The van der Waals surface area contributed by atoms with Crippen molar-refractivity contribution in [2.45, 2.75) is 6.42 Å². The number of alkyl halides is 2. The van der Waals surface area contributed by atoms with Crippen LogP contribution < -0.4 is 5.73 Å². The molecule has 0 rings (SSSR count). The van der Waals surface area contributed by atoms with Crippen molar-refractivity contribution < 1.29 is 9.59 Å². The first-order valence-corrected chi connectivity index (χ1v) is 5.27. The molecular weight excluding hydrogens is 278 g/mol. The number of aldehydes is 1. The minimum Gasteiger partial charge on any atom is -0.330 e. The van der Waals surface area contributed by atoms with Crippen LogP contribution in [-0.4, -0.2) is 29.3 Å². The van der Waals surface area contributed by atoms with E-state index in [4.69, 9.17) is 5.73 Å². The molecule has 0 heterocycles. The summed E-state index contributed by atoms with van der Waals surface area (Å²) in [7, 11) is 0. The second-order valence-electron chi connectivity index (χ2n) is 1.50. The van der Waals surface area contributed by atoms with E-state index in [2.05, 4.69) is 31.9 Å². The van der Waals surface area contributed by atoms with Crippen LogP contribution in [0.1, 0.15) is 6.42 Å². The van der Waals surface area contributed by atoms with Crippen molar-refractivity contribution in [3.8, 4) is 0 Å². The van der Waals surface area contributed by atoms with Crippen LogP contribution in [0.4, 0.5) is 0 Å². The summed E-state index contributed by atoms with van der Waals surface area (Å²) in [6.07, 6.45) is 0.455. The summed E-state index contributed by atoms with van der Waals surface area (Å²) in [6, 6.07) is 0. The molecule has 5 heteroatoms. The van der Waals surface area contributed by atoms with Gasteiger partial charge in [0.2, 0.25) is 0 Å². The molecule has 3 nitrogen and oxygen atoms in total. The second-order valence-corrected chi connectivity index (χ2v) is 3.09. The zero-order valence-electron chi connectivity index (χ0n) is 6.06. The molecule has 0 aliphatic carbocycles. The summed E-state index contributed by atoms with van der Waals surface area (Å²) >= 11 is 6.40. The first-order valence-electron chi connectivity index (χ1n) is 3.02. The first kappa shape index (κ1) is 13.8. The minimum absolute atomic E-state index is 0.170. The molecule has 0 aromatic carbocycles. The average Bonchev–Trinajstić information content (AvgIpc) is 2.05. The number of hydrogen-bond donors (Lipinski definition) is 1. The van der Waals surface area contributed by atoms with Gasteiger partial charge in [0.25, 0.3) is 0 Å². The van der Waals surface area contributed by atoms with E-state index in [1.165, 1.54) is 0 Å². The molecule has 0 aromatic heterocycles. The molecule has 0 aromatic rings. The van der Waals surface area contributed by atoms with Crippen LogP contribution in [0, 0.1) is 0 Å². The molecular formula is C6H11Br2NO2. The van der Waals surface area contributed by atoms with Crippen molar-refractivity contribution in [2.24, 2.45) is 5.73 Å². The fourth-order valence-electron chi connectivity index (χ4n) is 0.201. The van der Waals surface area contributed by atoms with Crippen molar-refractivity contribution in [3.05, 3.63) is 0 Å². The van der Waals surface area contributed by atoms with Gasteiger partial charge in [0, 0.05) is 17.1 Å². The van der Waals surface area contributed by atoms with E-state index in [1.807, 2.05) is 0 Å². The van der Waals surface area contributed by atoms with Crippen molar-refractivity contribution in [1.82, 2.24) is 0 Å². The number of rotatable bonds is 4. The Morgan fingerprint density at radius 1 is 1.36 bits per heavy atom. The largest absolute Gasteiger partial charge is 0.330 e. The van der Waals surface area contributed by atoms with Gasteiger partial charge in [0.05, 0.1) is 0 Å². The lowest BCUT2D eigenvalue weighted by molar-refractivity contribution is -0.129. The number of carbonyl (C=O) groups excluding carboxylic acids is 2. The monoisotopic (exact) mass is 287 g/mol. The highest BCUT2D eigenvalue weighted by atomic mass is 79.9. The van der Waals surface area contributed by atoms with E-state index in [0.717, 1.165) is 10.7 Å². The van der Waals surface area contributed by atoms with Gasteiger partial charge in [0.15, 0.2) is 12.1 Å². The lowest BCUT2D eigenvalue weighted by atomic mass is 10.3. The van der Waals surface area contributed by atoms with E-state index < -0.39 is 5.78 Å². The molecule has 0 spiro atoms. The van der Waals surface area contributed by atoms with Crippen LogP contribution >= 0.6 is 31.9 Å². The molecule has 0 bridgehead atoms. The van der Waals surface area contributed by atoms with Crippen molar-refractivity contribution >= 4 is 43.9 Å². The molecule has 0 aliphatic heterocycles. The fourth-order valence-corrected chi connectivity index (χ4v) is 0.201. The number of carbonyl (C=O) groups is 2. The summed E-state index contributed by atoms with van der Waals surface area (Å²) in [5, 5.41) is 2.10.